The van der Waals surface area contributed by atoms with Crippen molar-refractivity contribution in [1.82, 2.24) is 9.78 Å². The molecule has 1 fully saturated rings. The average Bonchev–Trinajstić information content (AvgIpc) is 2.98. The van der Waals surface area contributed by atoms with Gasteiger partial charge in [-0.05, 0) is 49.6 Å². The van der Waals surface area contributed by atoms with Gasteiger partial charge in [0.25, 0.3) is 0 Å². The Balaban J connectivity index is 1.79. The summed E-state index contributed by atoms with van der Waals surface area (Å²) < 4.78 is 38.9. The molecule has 1 saturated heterocycles. The molecule has 1 aliphatic heterocycles. The van der Waals surface area contributed by atoms with Crippen LogP contribution in [-0.2, 0) is 6.18 Å². The monoisotopic (exact) mass is 295 g/mol. The van der Waals surface area contributed by atoms with Crippen LogP contribution in [0.5, 0.6) is 0 Å². The van der Waals surface area contributed by atoms with Gasteiger partial charge in [0.2, 0.25) is 0 Å². The Morgan fingerprint density at radius 3 is 2.05 bits per heavy atom. The summed E-state index contributed by atoms with van der Waals surface area (Å²) in [6, 6.07) is 8.47. The van der Waals surface area contributed by atoms with Crippen molar-refractivity contribution < 1.29 is 13.2 Å². The lowest BCUT2D eigenvalue weighted by Crippen LogP contribution is -2.29. The molecule has 0 amide bonds. The van der Waals surface area contributed by atoms with Gasteiger partial charge in [0.15, 0.2) is 5.69 Å². The number of piperidine rings is 1. The van der Waals surface area contributed by atoms with Crippen LogP contribution in [0.4, 0.5) is 18.9 Å². The summed E-state index contributed by atoms with van der Waals surface area (Å²) in [5.41, 5.74) is 0.871. The Bertz CT molecular complexity index is 595. The molecule has 21 heavy (non-hydrogen) atoms. The molecule has 6 heteroatoms. The number of nitrogens with zero attached hydrogens (tertiary/aromatic N) is 3. The van der Waals surface area contributed by atoms with Crippen LogP contribution in [0.1, 0.15) is 25.0 Å². The molecular weight excluding hydrogens is 279 g/mol. The fourth-order valence-electron chi connectivity index (χ4n) is 2.59. The van der Waals surface area contributed by atoms with Crippen molar-refractivity contribution in [2.75, 3.05) is 18.0 Å². The Morgan fingerprint density at radius 2 is 1.48 bits per heavy atom. The number of hydrogen-bond donors (Lipinski definition) is 0. The van der Waals surface area contributed by atoms with Gasteiger partial charge in [0.05, 0.1) is 5.69 Å². The predicted octanol–water partition coefficient (Wildman–Crippen LogP) is 3.88. The van der Waals surface area contributed by atoms with Crippen LogP contribution in [0, 0.1) is 0 Å². The number of anilines is 1. The number of rotatable bonds is 2. The molecule has 3 nitrogen and oxygen atoms in total. The third-order valence-electron chi connectivity index (χ3n) is 3.71. The third kappa shape index (κ3) is 3.04. The van der Waals surface area contributed by atoms with E-state index in [1.165, 1.54) is 30.1 Å². The fourth-order valence-corrected chi connectivity index (χ4v) is 2.59. The van der Waals surface area contributed by atoms with Crippen LogP contribution in [0.25, 0.3) is 5.69 Å². The Kier molecular flexibility index (Phi) is 3.61. The summed E-state index contributed by atoms with van der Waals surface area (Å²) in [4.78, 5) is 2.30. The van der Waals surface area contributed by atoms with Gasteiger partial charge in [-0.3, -0.25) is 0 Å². The highest BCUT2D eigenvalue weighted by Crippen LogP contribution is 2.28. The molecule has 3 rings (SSSR count). The number of aromatic nitrogens is 2. The number of hydrogen-bond acceptors (Lipinski definition) is 2. The highest BCUT2D eigenvalue weighted by Gasteiger charge is 2.33. The minimum absolute atomic E-state index is 0.631. The zero-order chi connectivity index (χ0) is 14.9. The van der Waals surface area contributed by atoms with Crippen molar-refractivity contribution in [3.8, 4) is 5.69 Å². The van der Waals surface area contributed by atoms with Gasteiger partial charge in [-0.25, -0.2) is 4.68 Å². The third-order valence-corrected chi connectivity index (χ3v) is 3.71. The van der Waals surface area contributed by atoms with E-state index in [0.717, 1.165) is 24.8 Å². The Morgan fingerprint density at radius 1 is 0.857 bits per heavy atom. The molecule has 0 unspecified atom stereocenters. The first-order valence-corrected chi connectivity index (χ1v) is 7.02. The molecule has 0 bridgehead atoms. The SMILES string of the molecule is FC(F)(F)c1ccn(-c2ccc(N3CCCCC3)cc2)n1. The van der Waals surface area contributed by atoms with Gasteiger partial charge in [0, 0.05) is 25.0 Å². The maximum atomic E-state index is 12.5. The van der Waals surface area contributed by atoms with Crippen LogP contribution in [0.3, 0.4) is 0 Å². The number of benzene rings is 1. The van der Waals surface area contributed by atoms with Gasteiger partial charge in [-0.1, -0.05) is 0 Å². The second kappa shape index (κ2) is 5.42. The smallest absolute Gasteiger partial charge is 0.372 e. The van der Waals surface area contributed by atoms with Crippen molar-refractivity contribution in [1.29, 1.82) is 0 Å². The molecule has 0 aliphatic carbocycles. The first-order chi connectivity index (χ1) is 10.0. The van der Waals surface area contributed by atoms with Crippen molar-refractivity contribution in [3.63, 3.8) is 0 Å². The van der Waals surface area contributed by atoms with E-state index in [9.17, 15) is 13.2 Å². The van der Waals surface area contributed by atoms with E-state index in [-0.39, 0.29) is 0 Å². The van der Waals surface area contributed by atoms with E-state index >= 15 is 0 Å². The molecule has 112 valence electrons. The number of halogens is 3. The van der Waals surface area contributed by atoms with Gasteiger partial charge >= 0.3 is 6.18 Å². The van der Waals surface area contributed by atoms with Crippen LogP contribution < -0.4 is 4.90 Å². The molecule has 1 aromatic carbocycles. The average molecular weight is 295 g/mol. The zero-order valence-electron chi connectivity index (χ0n) is 11.5. The van der Waals surface area contributed by atoms with Crippen LogP contribution in [-0.4, -0.2) is 22.9 Å². The number of alkyl halides is 3. The van der Waals surface area contributed by atoms with Crippen molar-refractivity contribution >= 4 is 5.69 Å². The molecule has 0 spiro atoms. The Hall–Kier alpha value is -1.98. The van der Waals surface area contributed by atoms with E-state index in [2.05, 4.69) is 10.00 Å². The maximum absolute atomic E-state index is 12.5. The molecule has 0 atom stereocenters. The lowest BCUT2D eigenvalue weighted by Gasteiger charge is -2.28. The molecule has 2 aromatic rings. The lowest BCUT2D eigenvalue weighted by molar-refractivity contribution is -0.141. The first kappa shape index (κ1) is 14.0. The highest BCUT2D eigenvalue weighted by atomic mass is 19.4. The summed E-state index contributed by atoms with van der Waals surface area (Å²) in [5.74, 6) is 0. The van der Waals surface area contributed by atoms with E-state index in [0.29, 0.717) is 5.69 Å². The van der Waals surface area contributed by atoms with Crippen molar-refractivity contribution in [3.05, 3.63) is 42.2 Å². The van der Waals surface area contributed by atoms with E-state index in [1.54, 1.807) is 12.1 Å². The normalized spacial score (nSPS) is 16.2. The Labute approximate surface area is 121 Å². The summed E-state index contributed by atoms with van der Waals surface area (Å²) in [6.45, 7) is 2.08. The first-order valence-electron chi connectivity index (χ1n) is 7.02. The van der Waals surface area contributed by atoms with Gasteiger partial charge in [-0.2, -0.15) is 18.3 Å². The maximum Gasteiger partial charge on any atom is 0.435 e. The molecule has 0 N–H and O–H groups in total. The predicted molar refractivity (Wildman–Crippen MR) is 74.6 cm³/mol. The van der Waals surface area contributed by atoms with Crippen molar-refractivity contribution in [2.24, 2.45) is 0 Å². The topological polar surface area (TPSA) is 21.1 Å². The minimum Gasteiger partial charge on any atom is -0.372 e. The van der Waals surface area contributed by atoms with Gasteiger partial charge < -0.3 is 4.90 Å². The largest absolute Gasteiger partial charge is 0.435 e. The van der Waals surface area contributed by atoms with Gasteiger partial charge in [-0.15, -0.1) is 0 Å². The molecular formula is C15H16F3N3. The van der Waals surface area contributed by atoms with Crippen LogP contribution in [0.15, 0.2) is 36.5 Å². The molecule has 1 aliphatic rings. The van der Waals surface area contributed by atoms with Crippen LogP contribution in [0.2, 0.25) is 0 Å². The lowest BCUT2D eigenvalue weighted by atomic mass is 10.1. The standard InChI is InChI=1S/C15H16F3N3/c16-15(17,18)14-8-11-21(19-14)13-6-4-12(5-7-13)20-9-2-1-3-10-20/h4-8,11H,1-3,9-10H2. The van der Waals surface area contributed by atoms with Crippen molar-refractivity contribution in [2.45, 2.75) is 25.4 Å². The minimum atomic E-state index is -4.40. The van der Waals surface area contributed by atoms with Crippen LogP contribution >= 0.6 is 0 Å². The summed E-state index contributed by atoms with van der Waals surface area (Å²) in [5, 5.41) is 3.57. The second-order valence-corrected chi connectivity index (χ2v) is 5.21. The van der Waals surface area contributed by atoms with Gasteiger partial charge in [0.1, 0.15) is 0 Å². The van der Waals surface area contributed by atoms with E-state index in [4.69, 9.17) is 0 Å². The van der Waals surface area contributed by atoms with E-state index < -0.39 is 11.9 Å². The second-order valence-electron chi connectivity index (χ2n) is 5.21. The quantitative estimate of drug-likeness (QED) is 0.838. The summed E-state index contributed by atoms with van der Waals surface area (Å²) >= 11 is 0. The molecule has 0 radical (unpaired) electrons. The molecule has 2 heterocycles. The zero-order valence-corrected chi connectivity index (χ0v) is 11.5. The summed E-state index contributed by atoms with van der Waals surface area (Å²) in [6.07, 6.45) is 0.575. The fraction of sp³-hybridized carbons (Fsp3) is 0.400. The molecule has 1 aromatic heterocycles. The molecule has 0 saturated carbocycles. The summed E-state index contributed by atoms with van der Waals surface area (Å²) in [7, 11) is 0. The highest BCUT2D eigenvalue weighted by molar-refractivity contribution is 5.51. The van der Waals surface area contributed by atoms with E-state index in [1.807, 2.05) is 12.1 Å².